The van der Waals surface area contributed by atoms with E-state index in [4.69, 9.17) is 4.74 Å². The minimum absolute atomic E-state index is 0.0754. The topological polar surface area (TPSA) is 68.3 Å². The van der Waals surface area contributed by atoms with Gasteiger partial charge in [0.15, 0.2) is 0 Å². The maximum atomic E-state index is 12.2. The number of pyridine rings is 1. The molecule has 1 amide bonds. The SMILES string of the molecule is Cc1cccc(C(=O)N[C@@H](C(=O)OC(C)(C)C)C(C)C)n1. The summed E-state index contributed by atoms with van der Waals surface area (Å²) in [4.78, 5) is 28.5. The zero-order chi connectivity index (χ0) is 16.2. The van der Waals surface area contributed by atoms with Crippen LogP contribution in [-0.4, -0.2) is 28.5 Å². The zero-order valence-electron chi connectivity index (χ0n) is 13.6. The van der Waals surface area contributed by atoms with E-state index in [2.05, 4.69) is 10.3 Å². The van der Waals surface area contributed by atoms with Crippen molar-refractivity contribution in [2.75, 3.05) is 0 Å². The number of carbonyl (C=O) groups is 2. The number of aromatic nitrogens is 1. The summed E-state index contributed by atoms with van der Waals surface area (Å²) in [5.41, 5.74) is 0.460. The van der Waals surface area contributed by atoms with Crippen molar-refractivity contribution in [1.82, 2.24) is 10.3 Å². The number of ether oxygens (including phenoxy) is 1. The average molecular weight is 292 g/mol. The van der Waals surface area contributed by atoms with Crippen molar-refractivity contribution in [2.24, 2.45) is 5.92 Å². The molecule has 5 nitrogen and oxygen atoms in total. The fourth-order valence-electron chi connectivity index (χ4n) is 1.75. The Kier molecular flexibility index (Phi) is 5.47. The summed E-state index contributed by atoms with van der Waals surface area (Å²) in [5.74, 6) is -0.879. The summed E-state index contributed by atoms with van der Waals surface area (Å²) in [5, 5.41) is 2.71. The van der Waals surface area contributed by atoms with Crippen LogP contribution in [0.15, 0.2) is 18.2 Å². The molecule has 0 radical (unpaired) electrons. The highest BCUT2D eigenvalue weighted by atomic mass is 16.6. The number of esters is 1. The second kappa shape index (κ2) is 6.70. The lowest BCUT2D eigenvalue weighted by atomic mass is 10.0. The van der Waals surface area contributed by atoms with Gasteiger partial charge >= 0.3 is 5.97 Å². The minimum atomic E-state index is -0.695. The van der Waals surface area contributed by atoms with E-state index in [1.165, 1.54) is 0 Å². The van der Waals surface area contributed by atoms with Crippen LogP contribution < -0.4 is 5.32 Å². The Labute approximate surface area is 126 Å². The van der Waals surface area contributed by atoms with Crippen molar-refractivity contribution in [3.8, 4) is 0 Å². The Morgan fingerprint density at radius 2 is 1.86 bits per heavy atom. The van der Waals surface area contributed by atoms with E-state index < -0.39 is 17.6 Å². The first-order valence-electron chi connectivity index (χ1n) is 7.07. The molecule has 0 saturated carbocycles. The summed E-state index contributed by atoms with van der Waals surface area (Å²) >= 11 is 0. The zero-order valence-corrected chi connectivity index (χ0v) is 13.6. The van der Waals surface area contributed by atoms with Crippen LogP contribution in [0.4, 0.5) is 0 Å². The molecule has 0 unspecified atom stereocenters. The van der Waals surface area contributed by atoms with Gasteiger partial charge in [-0.2, -0.15) is 0 Å². The number of hydrogen-bond acceptors (Lipinski definition) is 4. The summed E-state index contributed by atoms with van der Waals surface area (Å²) in [6, 6.07) is 4.49. The van der Waals surface area contributed by atoms with Gasteiger partial charge in [-0.15, -0.1) is 0 Å². The van der Waals surface area contributed by atoms with E-state index in [0.29, 0.717) is 5.69 Å². The predicted molar refractivity (Wildman–Crippen MR) is 80.9 cm³/mol. The van der Waals surface area contributed by atoms with Crippen molar-refractivity contribution >= 4 is 11.9 Å². The monoisotopic (exact) mass is 292 g/mol. The Balaban J connectivity index is 2.84. The van der Waals surface area contributed by atoms with Crippen molar-refractivity contribution in [1.29, 1.82) is 0 Å². The van der Waals surface area contributed by atoms with Gasteiger partial charge in [-0.3, -0.25) is 4.79 Å². The second-order valence-electron chi connectivity index (χ2n) is 6.39. The molecule has 1 aromatic heterocycles. The van der Waals surface area contributed by atoms with Gasteiger partial charge in [0.2, 0.25) is 0 Å². The average Bonchev–Trinajstić information content (AvgIpc) is 2.32. The van der Waals surface area contributed by atoms with E-state index in [1.807, 2.05) is 26.8 Å². The molecule has 1 N–H and O–H groups in total. The van der Waals surface area contributed by atoms with Gasteiger partial charge in [-0.1, -0.05) is 19.9 Å². The fourth-order valence-corrected chi connectivity index (χ4v) is 1.75. The first-order valence-corrected chi connectivity index (χ1v) is 7.07. The molecule has 1 rings (SSSR count). The van der Waals surface area contributed by atoms with Crippen molar-refractivity contribution < 1.29 is 14.3 Å². The lowest BCUT2D eigenvalue weighted by Gasteiger charge is -2.26. The third kappa shape index (κ3) is 5.53. The van der Waals surface area contributed by atoms with E-state index in [-0.39, 0.29) is 11.8 Å². The van der Waals surface area contributed by atoms with E-state index in [9.17, 15) is 9.59 Å². The molecule has 0 aliphatic carbocycles. The molecule has 1 aromatic rings. The molecule has 0 bridgehead atoms. The van der Waals surface area contributed by atoms with Gasteiger partial charge in [0.1, 0.15) is 17.3 Å². The van der Waals surface area contributed by atoms with Crippen molar-refractivity contribution in [3.05, 3.63) is 29.6 Å². The molecular formula is C16H24N2O3. The number of nitrogens with zero attached hydrogens (tertiary/aromatic N) is 1. The fraction of sp³-hybridized carbons (Fsp3) is 0.562. The van der Waals surface area contributed by atoms with Crippen LogP contribution in [0.5, 0.6) is 0 Å². The maximum absolute atomic E-state index is 12.2. The van der Waals surface area contributed by atoms with Gasteiger partial charge in [0.05, 0.1) is 0 Å². The van der Waals surface area contributed by atoms with Crippen molar-refractivity contribution in [2.45, 2.75) is 53.2 Å². The molecular weight excluding hydrogens is 268 g/mol. The lowest BCUT2D eigenvalue weighted by Crippen LogP contribution is -2.47. The number of carbonyl (C=O) groups excluding carboxylic acids is 2. The molecule has 0 saturated heterocycles. The van der Waals surface area contributed by atoms with Crippen LogP contribution >= 0.6 is 0 Å². The molecule has 0 spiro atoms. The van der Waals surface area contributed by atoms with Crippen molar-refractivity contribution in [3.63, 3.8) is 0 Å². The largest absolute Gasteiger partial charge is 0.458 e. The van der Waals surface area contributed by atoms with Crippen LogP contribution in [0.3, 0.4) is 0 Å². The van der Waals surface area contributed by atoms with E-state index >= 15 is 0 Å². The number of amides is 1. The van der Waals surface area contributed by atoms with Gasteiger partial charge in [0.25, 0.3) is 5.91 Å². The number of rotatable bonds is 4. The lowest BCUT2D eigenvalue weighted by molar-refractivity contribution is -0.158. The molecule has 0 fully saturated rings. The maximum Gasteiger partial charge on any atom is 0.329 e. The van der Waals surface area contributed by atoms with Crippen LogP contribution in [0.1, 0.15) is 50.8 Å². The highest BCUT2D eigenvalue weighted by molar-refractivity contribution is 5.95. The third-order valence-corrected chi connectivity index (χ3v) is 2.73. The van der Waals surface area contributed by atoms with Gasteiger partial charge in [-0.25, -0.2) is 9.78 Å². The van der Waals surface area contributed by atoms with E-state index in [1.54, 1.807) is 32.9 Å². The normalized spacial score (nSPS) is 12.9. The Bertz CT molecular complexity index is 518. The van der Waals surface area contributed by atoms with Crippen LogP contribution in [0, 0.1) is 12.8 Å². The summed E-state index contributed by atoms with van der Waals surface area (Å²) < 4.78 is 5.35. The number of hydrogen-bond donors (Lipinski definition) is 1. The molecule has 0 aromatic carbocycles. The number of nitrogens with one attached hydrogen (secondary N) is 1. The molecule has 116 valence electrons. The highest BCUT2D eigenvalue weighted by Crippen LogP contribution is 2.13. The molecule has 5 heteroatoms. The third-order valence-electron chi connectivity index (χ3n) is 2.73. The molecule has 0 aliphatic rings. The van der Waals surface area contributed by atoms with Gasteiger partial charge in [0, 0.05) is 5.69 Å². The van der Waals surface area contributed by atoms with Crippen LogP contribution in [0.2, 0.25) is 0 Å². The second-order valence-corrected chi connectivity index (χ2v) is 6.39. The summed E-state index contributed by atoms with van der Waals surface area (Å²) in [6.45, 7) is 10.9. The smallest absolute Gasteiger partial charge is 0.329 e. The summed E-state index contributed by atoms with van der Waals surface area (Å²) in [7, 11) is 0. The van der Waals surface area contributed by atoms with E-state index in [0.717, 1.165) is 5.69 Å². The Morgan fingerprint density at radius 1 is 1.24 bits per heavy atom. The minimum Gasteiger partial charge on any atom is -0.458 e. The molecule has 1 atom stereocenters. The van der Waals surface area contributed by atoms with Crippen LogP contribution in [-0.2, 0) is 9.53 Å². The first-order chi connectivity index (χ1) is 9.60. The van der Waals surface area contributed by atoms with Crippen LogP contribution in [0.25, 0.3) is 0 Å². The molecule has 21 heavy (non-hydrogen) atoms. The van der Waals surface area contributed by atoms with Gasteiger partial charge in [-0.05, 0) is 45.7 Å². The quantitative estimate of drug-likeness (QED) is 0.866. The highest BCUT2D eigenvalue weighted by Gasteiger charge is 2.29. The predicted octanol–water partition coefficient (Wildman–Crippen LogP) is 2.49. The Hall–Kier alpha value is -1.91. The molecule has 1 heterocycles. The molecule has 0 aliphatic heterocycles. The summed E-state index contributed by atoms with van der Waals surface area (Å²) in [6.07, 6.45) is 0. The van der Waals surface area contributed by atoms with Gasteiger partial charge < -0.3 is 10.1 Å². The first kappa shape index (κ1) is 17.1. The Morgan fingerprint density at radius 3 is 2.33 bits per heavy atom. The number of aryl methyl sites for hydroxylation is 1. The standard InChI is InChI=1S/C16H24N2O3/c1-10(2)13(15(20)21-16(4,5)6)18-14(19)12-9-7-8-11(3)17-12/h7-10,13H,1-6H3,(H,18,19)/t13-/m1/s1.